The van der Waals surface area contributed by atoms with Gasteiger partial charge in [-0.3, -0.25) is 4.79 Å². The van der Waals surface area contributed by atoms with Crippen molar-refractivity contribution in [3.05, 3.63) is 55.6 Å². The molecule has 110 valence electrons. The van der Waals surface area contributed by atoms with E-state index < -0.39 is 0 Å². The van der Waals surface area contributed by atoms with E-state index in [0.29, 0.717) is 27.8 Å². The van der Waals surface area contributed by atoms with Gasteiger partial charge in [0.1, 0.15) is 0 Å². The van der Waals surface area contributed by atoms with Gasteiger partial charge >= 0.3 is 0 Å². The lowest BCUT2D eigenvalue weighted by Crippen LogP contribution is -2.15. The summed E-state index contributed by atoms with van der Waals surface area (Å²) in [4.78, 5) is 12.4. The molecule has 0 saturated carbocycles. The van der Waals surface area contributed by atoms with E-state index in [4.69, 9.17) is 23.2 Å². The van der Waals surface area contributed by atoms with E-state index in [9.17, 15) is 4.79 Å². The Balaban J connectivity index is 2.29. The fourth-order valence-corrected chi connectivity index (χ4v) is 2.90. The van der Waals surface area contributed by atoms with Gasteiger partial charge in [0.25, 0.3) is 5.91 Å². The number of hydrogen-bond donors (Lipinski definition) is 2. The molecule has 21 heavy (non-hydrogen) atoms. The van der Waals surface area contributed by atoms with Crippen molar-refractivity contribution in [2.45, 2.75) is 6.92 Å². The van der Waals surface area contributed by atoms with Crippen LogP contribution in [0, 0.1) is 3.57 Å². The van der Waals surface area contributed by atoms with E-state index in [1.54, 1.807) is 30.3 Å². The second-order valence-corrected chi connectivity index (χ2v) is 6.39. The molecule has 2 N–H and O–H groups in total. The molecule has 2 rings (SSSR count). The third-order valence-corrected chi connectivity index (χ3v) is 3.99. The normalized spacial score (nSPS) is 10.3. The summed E-state index contributed by atoms with van der Waals surface area (Å²) in [6.07, 6.45) is 0. The lowest BCUT2D eigenvalue weighted by Gasteiger charge is -2.12. The molecule has 0 spiro atoms. The Bertz CT molecular complexity index is 677. The van der Waals surface area contributed by atoms with Crippen LogP contribution in [0.15, 0.2) is 36.4 Å². The van der Waals surface area contributed by atoms with Crippen LogP contribution in [-0.2, 0) is 0 Å². The minimum atomic E-state index is -0.253. The Kier molecular flexibility index (Phi) is 5.72. The van der Waals surface area contributed by atoms with Crippen molar-refractivity contribution in [1.29, 1.82) is 0 Å². The second kappa shape index (κ2) is 7.33. The zero-order chi connectivity index (χ0) is 15.4. The largest absolute Gasteiger partial charge is 0.385 e. The highest BCUT2D eigenvalue weighted by molar-refractivity contribution is 14.1. The molecule has 0 heterocycles. The van der Waals surface area contributed by atoms with Gasteiger partial charge in [-0.1, -0.05) is 23.2 Å². The highest BCUT2D eigenvalue weighted by Crippen LogP contribution is 2.26. The van der Waals surface area contributed by atoms with Gasteiger partial charge in [-0.15, -0.1) is 0 Å². The van der Waals surface area contributed by atoms with Crippen molar-refractivity contribution >= 4 is 63.1 Å². The number of carbonyl (C=O) groups excluding carboxylic acids is 1. The first kappa shape index (κ1) is 16.4. The van der Waals surface area contributed by atoms with Gasteiger partial charge in [0.05, 0.1) is 16.3 Å². The average Bonchev–Trinajstić information content (AvgIpc) is 2.44. The summed E-state index contributed by atoms with van der Waals surface area (Å²) in [5.41, 5.74) is 1.80. The third-order valence-electron chi connectivity index (χ3n) is 2.77. The summed E-state index contributed by atoms with van der Waals surface area (Å²) in [6.45, 7) is 2.68. The maximum Gasteiger partial charge on any atom is 0.257 e. The molecule has 0 aromatic heterocycles. The van der Waals surface area contributed by atoms with Gasteiger partial charge < -0.3 is 10.6 Å². The van der Waals surface area contributed by atoms with Crippen molar-refractivity contribution < 1.29 is 4.79 Å². The predicted octanol–water partition coefficient (Wildman–Crippen LogP) is 5.28. The molecular formula is C15H13Cl2IN2O. The molecule has 0 unspecified atom stereocenters. The Morgan fingerprint density at radius 3 is 2.52 bits per heavy atom. The van der Waals surface area contributed by atoms with Crippen LogP contribution >= 0.6 is 45.8 Å². The van der Waals surface area contributed by atoms with Crippen LogP contribution in [0.25, 0.3) is 0 Å². The van der Waals surface area contributed by atoms with Gasteiger partial charge in [-0.05, 0) is 65.9 Å². The van der Waals surface area contributed by atoms with Gasteiger partial charge in [-0.25, -0.2) is 0 Å². The number of anilines is 2. The Morgan fingerprint density at radius 1 is 1.14 bits per heavy atom. The molecule has 0 aliphatic carbocycles. The first-order valence-corrected chi connectivity index (χ1v) is 8.14. The lowest BCUT2D eigenvalue weighted by atomic mass is 10.1. The fourth-order valence-electron chi connectivity index (χ4n) is 1.83. The van der Waals surface area contributed by atoms with Crippen LogP contribution in [0.1, 0.15) is 17.3 Å². The van der Waals surface area contributed by atoms with Crippen molar-refractivity contribution in [2.75, 3.05) is 17.2 Å². The van der Waals surface area contributed by atoms with Crippen LogP contribution < -0.4 is 10.6 Å². The minimum absolute atomic E-state index is 0.253. The Hall–Kier alpha value is -0.980. The quantitative estimate of drug-likeness (QED) is 0.642. The summed E-state index contributed by atoms with van der Waals surface area (Å²) >= 11 is 14.3. The first-order valence-electron chi connectivity index (χ1n) is 6.31. The smallest absolute Gasteiger partial charge is 0.257 e. The monoisotopic (exact) mass is 434 g/mol. The van der Waals surface area contributed by atoms with Crippen molar-refractivity contribution in [3.63, 3.8) is 0 Å². The summed E-state index contributed by atoms with van der Waals surface area (Å²) < 4.78 is 1.01. The molecule has 3 nitrogen and oxygen atoms in total. The standard InChI is InChI=1S/C15H13Cl2IN2O/c1-2-19-13-5-3-9(16)7-11(13)15(21)20-14-6-4-10(18)8-12(14)17/h3-8,19H,2H2,1H3,(H,20,21). The van der Waals surface area contributed by atoms with Crippen molar-refractivity contribution in [1.82, 2.24) is 0 Å². The lowest BCUT2D eigenvalue weighted by molar-refractivity contribution is 0.102. The number of nitrogens with one attached hydrogen (secondary N) is 2. The zero-order valence-corrected chi connectivity index (χ0v) is 14.9. The summed E-state index contributed by atoms with van der Waals surface area (Å²) in [5.74, 6) is -0.253. The fraction of sp³-hybridized carbons (Fsp3) is 0.133. The molecule has 0 saturated heterocycles. The predicted molar refractivity (Wildman–Crippen MR) is 97.7 cm³/mol. The van der Waals surface area contributed by atoms with Crippen LogP contribution in [0.2, 0.25) is 10.0 Å². The van der Waals surface area contributed by atoms with Gasteiger partial charge in [0.2, 0.25) is 0 Å². The van der Waals surface area contributed by atoms with E-state index in [1.165, 1.54) is 0 Å². The van der Waals surface area contributed by atoms with E-state index >= 15 is 0 Å². The molecule has 0 aliphatic rings. The number of hydrogen-bond acceptors (Lipinski definition) is 2. The second-order valence-electron chi connectivity index (χ2n) is 4.30. The Morgan fingerprint density at radius 2 is 1.86 bits per heavy atom. The Labute approximate surface area is 147 Å². The summed E-state index contributed by atoms with van der Waals surface area (Å²) in [5, 5.41) is 6.96. The number of halogens is 3. The third kappa shape index (κ3) is 4.25. The summed E-state index contributed by atoms with van der Waals surface area (Å²) in [7, 11) is 0. The van der Waals surface area contributed by atoms with Crippen molar-refractivity contribution in [2.24, 2.45) is 0 Å². The van der Waals surface area contributed by atoms with Crippen molar-refractivity contribution in [3.8, 4) is 0 Å². The maximum absolute atomic E-state index is 12.4. The van der Waals surface area contributed by atoms with Crippen LogP contribution in [0.4, 0.5) is 11.4 Å². The molecule has 0 bridgehead atoms. The molecule has 0 atom stereocenters. The number of benzene rings is 2. The number of carbonyl (C=O) groups is 1. The van der Waals surface area contributed by atoms with Crippen LogP contribution in [-0.4, -0.2) is 12.5 Å². The molecule has 1 amide bonds. The molecule has 0 aliphatic heterocycles. The maximum atomic E-state index is 12.4. The van der Waals surface area contributed by atoms with Crippen LogP contribution in [0.5, 0.6) is 0 Å². The minimum Gasteiger partial charge on any atom is -0.385 e. The first-order chi connectivity index (χ1) is 10.0. The highest BCUT2D eigenvalue weighted by atomic mass is 127. The molecule has 2 aromatic carbocycles. The number of rotatable bonds is 4. The number of amides is 1. The van der Waals surface area contributed by atoms with Gasteiger partial charge in [0, 0.05) is 20.8 Å². The molecule has 0 radical (unpaired) electrons. The van der Waals surface area contributed by atoms with Gasteiger partial charge in [-0.2, -0.15) is 0 Å². The molecule has 6 heteroatoms. The SMILES string of the molecule is CCNc1ccc(Cl)cc1C(=O)Nc1ccc(I)cc1Cl. The zero-order valence-electron chi connectivity index (χ0n) is 11.2. The highest BCUT2D eigenvalue weighted by Gasteiger charge is 2.13. The van der Waals surface area contributed by atoms with Gasteiger partial charge in [0.15, 0.2) is 0 Å². The van der Waals surface area contributed by atoms with E-state index in [1.807, 2.05) is 13.0 Å². The average molecular weight is 435 g/mol. The van der Waals surface area contributed by atoms with E-state index in [0.717, 1.165) is 9.26 Å². The summed E-state index contributed by atoms with van der Waals surface area (Å²) in [6, 6.07) is 10.6. The van der Waals surface area contributed by atoms with E-state index in [-0.39, 0.29) is 5.91 Å². The molecular weight excluding hydrogens is 422 g/mol. The van der Waals surface area contributed by atoms with E-state index in [2.05, 4.69) is 33.2 Å². The molecule has 0 fully saturated rings. The topological polar surface area (TPSA) is 41.1 Å². The van der Waals surface area contributed by atoms with Crippen LogP contribution in [0.3, 0.4) is 0 Å². The molecule has 2 aromatic rings.